The van der Waals surface area contributed by atoms with Gasteiger partial charge in [-0.1, -0.05) is 6.07 Å². The molecule has 15 heavy (non-hydrogen) atoms. The molecular weight excluding hydrogens is 190 g/mol. The quantitative estimate of drug-likeness (QED) is 0.778. The molecule has 0 saturated carbocycles. The standard InChI is InChI=1S/C12H17NO2/c1-15-12-3-2-10(8-11(12)14)9-4-6-13-7-5-9/h2-3,8-9,13-14H,4-7H2,1H3. The average Bonchev–Trinajstić information content (AvgIpc) is 2.30. The Labute approximate surface area is 90.1 Å². The van der Waals surface area contributed by atoms with Crippen molar-refractivity contribution in [3.8, 4) is 11.5 Å². The van der Waals surface area contributed by atoms with Gasteiger partial charge >= 0.3 is 0 Å². The molecule has 3 nitrogen and oxygen atoms in total. The van der Waals surface area contributed by atoms with Gasteiger partial charge in [-0.3, -0.25) is 0 Å². The van der Waals surface area contributed by atoms with Gasteiger partial charge in [0.05, 0.1) is 7.11 Å². The van der Waals surface area contributed by atoms with Crippen LogP contribution < -0.4 is 10.1 Å². The molecule has 0 bridgehead atoms. The van der Waals surface area contributed by atoms with E-state index in [-0.39, 0.29) is 5.75 Å². The number of rotatable bonds is 2. The molecule has 1 aliphatic rings. The molecule has 0 aliphatic carbocycles. The van der Waals surface area contributed by atoms with Crippen LogP contribution in [0.5, 0.6) is 11.5 Å². The van der Waals surface area contributed by atoms with E-state index >= 15 is 0 Å². The first kappa shape index (κ1) is 10.3. The van der Waals surface area contributed by atoms with Crippen molar-refractivity contribution in [1.82, 2.24) is 5.32 Å². The van der Waals surface area contributed by atoms with Crippen LogP contribution in [-0.2, 0) is 0 Å². The van der Waals surface area contributed by atoms with Gasteiger partial charge in [0, 0.05) is 0 Å². The van der Waals surface area contributed by atoms with E-state index < -0.39 is 0 Å². The summed E-state index contributed by atoms with van der Waals surface area (Å²) in [4.78, 5) is 0. The minimum absolute atomic E-state index is 0.244. The largest absolute Gasteiger partial charge is 0.504 e. The normalized spacial score (nSPS) is 17.7. The summed E-state index contributed by atoms with van der Waals surface area (Å²) in [5, 5.41) is 13.0. The smallest absolute Gasteiger partial charge is 0.160 e. The second-order valence-corrected chi connectivity index (χ2v) is 3.96. The van der Waals surface area contributed by atoms with Gasteiger partial charge in [-0.2, -0.15) is 0 Å². The SMILES string of the molecule is COc1ccc(C2CCNCC2)cc1O. The third kappa shape index (κ3) is 2.23. The van der Waals surface area contributed by atoms with E-state index in [1.54, 1.807) is 7.11 Å². The van der Waals surface area contributed by atoms with Crippen LogP contribution in [-0.4, -0.2) is 25.3 Å². The van der Waals surface area contributed by atoms with Crippen molar-refractivity contribution in [2.24, 2.45) is 0 Å². The predicted molar refractivity (Wildman–Crippen MR) is 59.5 cm³/mol. The molecule has 0 aromatic heterocycles. The van der Waals surface area contributed by atoms with Gasteiger partial charge in [-0.25, -0.2) is 0 Å². The number of hydrogen-bond acceptors (Lipinski definition) is 3. The third-order valence-corrected chi connectivity index (χ3v) is 3.01. The fourth-order valence-corrected chi connectivity index (χ4v) is 2.12. The summed E-state index contributed by atoms with van der Waals surface area (Å²) in [5.74, 6) is 1.37. The molecule has 1 saturated heterocycles. The molecule has 0 atom stereocenters. The number of ether oxygens (including phenoxy) is 1. The van der Waals surface area contributed by atoms with E-state index in [1.165, 1.54) is 5.56 Å². The van der Waals surface area contributed by atoms with Crippen LogP contribution >= 0.6 is 0 Å². The van der Waals surface area contributed by atoms with Crippen molar-refractivity contribution < 1.29 is 9.84 Å². The molecule has 0 amide bonds. The molecule has 1 aromatic rings. The monoisotopic (exact) mass is 207 g/mol. The van der Waals surface area contributed by atoms with Gasteiger partial charge < -0.3 is 15.2 Å². The number of hydrogen-bond donors (Lipinski definition) is 2. The first-order valence-corrected chi connectivity index (χ1v) is 5.39. The highest BCUT2D eigenvalue weighted by Gasteiger charge is 2.16. The van der Waals surface area contributed by atoms with Crippen molar-refractivity contribution in [2.75, 3.05) is 20.2 Å². The zero-order valence-corrected chi connectivity index (χ0v) is 8.99. The summed E-state index contributed by atoms with van der Waals surface area (Å²) in [5.41, 5.74) is 1.22. The van der Waals surface area contributed by atoms with Crippen molar-refractivity contribution in [3.63, 3.8) is 0 Å². The number of piperidine rings is 1. The van der Waals surface area contributed by atoms with Gasteiger partial charge in [0.1, 0.15) is 0 Å². The lowest BCUT2D eigenvalue weighted by Crippen LogP contribution is -2.26. The van der Waals surface area contributed by atoms with E-state index in [9.17, 15) is 5.11 Å². The Bertz CT molecular complexity index is 332. The van der Waals surface area contributed by atoms with Crippen LogP contribution in [0.15, 0.2) is 18.2 Å². The lowest BCUT2D eigenvalue weighted by Gasteiger charge is -2.23. The molecule has 1 heterocycles. The maximum atomic E-state index is 9.68. The molecule has 1 fully saturated rings. The fourth-order valence-electron chi connectivity index (χ4n) is 2.12. The van der Waals surface area contributed by atoms with Crippen LogP contribution in [0, 0.1) is 0 Å². The maximum absolute atomic E-state index is 9.68. The zero-order chi connectivity index (χ0) is 10.7. The lowest BCUT2D eigenvalue weighted by atomic mass is 9.90. The molecule has 2 N–H and O–H groups in total. The Morgan fingerprint density at radius 3 is 2.67 bits per heavy atom. The van der Waals surface area contributed by atoms with Crippen LogP contribution in [0.1, 0.15) is 24.3 Å². The summed E-state index contributed by atoms with van der Waals surface area (Å²) in [6, 6.07) is 5.72. The van der Waals surface area contributed by atoms with Gasteiger partial charge in [-0.15, -0.1) is 0 Å². The third-order valence-electron chi connectivity index (χ3n) is 3.01. The Kier molecular flexibility index (Phi) is 3.11. The highest BCUT2D eigenvalue weighted by Crippen LogP contribution is 2.32. The second kappa shape index (κ2) is 4.53. The summed E-state index contributed by atoms with van der Waals surface area (Å²) in [6.45, 7) is 2.13. The van der Waals surface area contributed by atoms with Crippen molar-refractivity contribution in [3.05, 3.63) is 23.8 Å². The van der Waals surface area contributed by atoms with Gasteiger partial charge in [-0.05, 0) is 49.5 Å². The number of phenols is 1. The fraction of sp³-hybridized carbons (Fsp3) is 0.500. The van der Waals surface area contributed by atoms with E-state index in [4.69, 9.17) is 4.74 Å². The second-order valence-electron chi connectivity index (χ2n) is 3.96. The minimum Gasteiger partial charge on any atom is -0.504 e. The maximum Gasteiger partial charge on any atom is 0.160 e. The highest BCUT2D eigenvalue weighted by atomic mass is 16.5. The van der Waals surface area contributed by atoms with Crippen LogP contribution in [0.25, 0.3) is 0 Å². The molecule has 3 heteroatoms. The number of benzene rings is 1. The summed E-state index contributed by atoms with van der Waals surface area (Å²) in [6.07, 6.45) is 2.29. The van der Waals surface area contributed by atoms with Crippen LogP contribution in [0.4, 0.5) is 0 Å². The first-order chi connectivity index (χ1) is 7.31. The molecule has 82 valence electrons. The van der Waals surface area contributed by atoms with Gasteiger partial charge in [0.2, 0.25) is 0 Å². The Morgan fingerprint density at radius 1 is 1.33 bits per heavy atom. The molecule has 2 rings (SSSR count). The summed E-state index contributed by atoms with van der Waals surface area (Å²) >= 11 is 0. The van der Waals surface area contributed by atoms with E-state index in [1.807, 2.05) is 12.1 Å². The molecule has 1 aromatic carbocycles. The number of phenolic OH excluding ortho intramolecular Hbond substituents is 1. The predicted octanol–water partition coefficient (Wildman–Crippen LogP) is 1.87. The van der Waals surface area contributed by atoms with Crippen molar-refractivity contribution >= 4 is 0 Å². The van der Waals surface area contributed by atoms with E-state index in [0.29, 0.717) is 11.7 Å². The Morgan fingerprint density at radius 2 is 2.07 bits per heavy atom. The molecular formula is C12H17NO2. The Balaban J connectivity index is 2.17. The molecule has 0 radical (unpaired) electrons. The van der Waals surface area contributed by atoms with E-state index in [2.05, 4.69) is 11.4 Å². The van der Waals surface area contributed by atoms with Crippen molar-refractivity contribution in [1.29, 1.82) is 0 Å². The zero-order valence-electron chi connectivity index (χ0n) is 8.99. The van der Waals surface area contributed by atoms with E-state index in [0.717, 1.165) is 25.9 Å². The average molecular weight is 207 g/mol. The number of nitrogens with one attached hydrogen (secondary N) is 1. The van der Waals surface area contributed by atoms with Crippen LogP contribution in [0.3, 0.4) is 0 Å². The van der Waals surface area contributed by atoms with Gasteiger partial charge in [0.15, 0.2) is 11.5 Å². The minimum atomic E-state index is 0.244. The number of methoxy groups -OCH3 is 1. The first-order valence-electron chi connectivity index (χ1n) is 5.39. The molecule has 0 unspecified atom stereocenters. The van der Waals surface area contributed by atoms with Crippen LogP contribution in [0.2, 0.25) is 0 Å². The summed E-state index contributed by atoms with van der Waals surface area (Å²) < 4.78 is 5.02. The topological polar surface area (TPSA) is 41.5 Å². The Hall–Kier alpha value is -1.22. The summed E-state index contributed by atoms with van der Waals surface area (Å²) in [7, 11) is 1.57. The number of aromatic hydroxyl groups is 1. The van der Waals surface area contributed by atoms with Crippen molar-refractivity contribution in [2.45, 2.75) is 18.8 Å². The van der Waals surface area contributed by atoms with Gasteiger partial charge in [0.25, 0.3) is 0 Å². The lowest BCUT2D eigenvalue weighted by molar-refractivity contribution is 0.371. The molecule has 0 spiro atoms. The molecule has 1 aliphatic heterocycles. The highest BCUT2D eigenvalue weighted by molar-refractivity contribution is 5.42.